The highest BCUT2D eigenvalue weighted by Gasteiger charge is 2.08. The van der Waals surface area contributed by atoms with Gasteiger partial charge in [0.2, 0.25) is 0 Å². The van der Waals surface area contributed by atoms with Crippen LogP contribution in [0, 0.1) is 6.92 Å². The molecular weight excluding hydrogens is 336 g/mol. The maximum Gasteiger partial charge on any atom is 0.161 e. The van der Waals surface area contributed by atoms with Crippen molar-refractivity contribution in [3.05, 3.63) is 59.2 Å². The van der Waals surface area contributed by atoms with Crippen molar-refractivity contribution in [2.45, 2.75) is 40.8 Å². The Bertz CT molecular complexity index is 684. The predicted octanol–water partition coefficient (Wildman–Crippen LogP) is 4.40. The van der Waals surface area contributed by atoms with Crippen molar-refractivity contribution < 1.29 is 9.47 Å². The number of ether oxygens (including phenoxy) is 2. The SMILES string of the molecule is CCOc1cc(CNCCN(CC)CC)ccc1OCc1ccccc1C. The summed E-state index contributed by atoms with van der Waals surface area (Å²) in [7, 11) is 0. The average Bonchev–Trinajstić information content (AvgIpc) is 2.69. The number of rotatable bonds is 12. The van der Waals surface area contributed by atoms with Crippen molar-refractivity contribution in [2.24, 2.45) is 0 Å². The normalized spacial score (nSPS) is 11.0. The maximum absolute atomic E-state index is 6.05. The van der Waals surface area contributed by atoms with E-state index in [9.17, 15) is 0 Å². The van der Waals surface area contributed by atoms with Crippen LogP contribution in [0.15, 0.2) is 42.5 Å². The largest absolute Gasteiger partial charge is 0.490 e. The van der Waals surface area contributed by atoms with Gasteiger partial charge in [-0.1, -0.05) is 44.2 Å². The van der Waals surface area contributed by atoms with Gasteiger partial charge in [-0.2, -0.15) is 0 Å². The minimum Gasteiger partial charge on any atom is -0.490 e. The lowest BCUT2D eigenvalue weighted by atomic mass is 10.1. The third-order valence-electron chi connectivity index (χ3n) is 4.78. The minimum atomic E-state index is 0.550. The molecule has 0 spiro atoms. The fourth-order valence-electron chi connectivity index (χ4n) is 2.99. The Balaban J connectivity index is 1.93. The third kappa shape index (κ3) is 6.89. The van der Waals surface area contributed by atoms with Crippen molar-refractivity contribution >= 4 is 0 Å². The van der Waals surface area contributed by atoms with Gasteiger partial charge in [-0.15, -0.1) is 0 Å². The fourth-order valence-corrected chi connectivity index (χ4v) is 2.99. The lowest BCUT2D eigenvalue weighted by Gasteiger charge is -2.18. The van der Waals surface area contributed by atoms with E-state index in [2.05, 4.69) is 55.3 Å². The predicted molar refractivity (Wildman–Crippen MR) is 113 cm³/mol. The summed E-state index contributed by atoms with van der Waals surface area (Å²) in [6, 6.07) is 14.5. The molecule has 0 aromatic heterocycles. The van der Waals surface area contributed by atoms with Crippen molar-refractivity contribution in [1.82, 2.24) is 10.2 Å². The third-order valence-corrected chi connectivity index (χ3v) is 4.78. The number of likely N-dealkylation sites (N-methyl/N-ethyl adjacent to an activating group) is 1. The van der Waals surface area contributed by atoms with Crippen LogP contribution in [0.3, 0.4) is 0 Å². The minimum absolute atomic E-state index is 0.550. The molecule has 0 aliphatic heterocycles. The molecule has 0 atom stereocenters. The second kappa shape index (κ2) is 11.6. The summed E-state index contributed by atoms with van der Waals surface area (Å²) in [5, 5.41) is 3.52. The van der Waals surface area contributed by atoms with Crippen LogP contribution in [0.1, 0.15) is 37.5 Å². The van der Waals surface area contributed by atoms with E-state index in [0.29, 0.717) is 13.2 Å². The summed E-state index contributed by atoms with van der Waals surface area (Å²) in [4.78, 5) is 2.42. The highest BCUT2D eigenvalue weighted by atomic mass is 16.5. The summed E-state index contributed by atoms with van der Waals surface area (Å²) < 4.78 is 11.9. The molecule has 0 fully saturated rings. The highest BCUT2D eigenvalue weighted by Crippen LogP contribution is 2.29. The van der Waals surface area contributed by atoms with Gasteiger partial charge in [0.15, 0.2) is 11.5 Å². The summed E-state index contributed by atoms with van der Waals surface area (Å²) in [5.74, 6) is 1.61. The summed E-state index contributed by atoms with van der Waals surface area (Å²) in [5.41, 5.74) is 3.65. The Kier molecular flexibility index (Phi) is 9.16. The molecule has 2 aromatic carbocycles. The average molecular weight is 371 g/mol. The molecule has 0 saturated heterocycles. The van der Waals surface area contributed by atoms with Crippen LogP contribution in [0.25, 0.3) is 0 Å². The van der Waals surface area contributed by atoms with E-state index < -0.39 is 0 Å². The maximum atomic E-state index is 6.05. The van der Waals surface area contributed by atoms with E-state index in [1.54, 1.807) is 0 Å². The Hall–Kier alpha value is -2.04. The molecular formula is C23H34N2O2. The molecule has 0 amide bonds. The summed E-state index contributed by atoms with van der Waals surface area (Å²) in [6.07, 6.45) is 0. The lowest BCUT2D eigenvalue weighted by molar-refractivity contribution is 0.268. The van der Waals surface area contributed by atoms with Gasteiger partial charge in [0.05, 0.1) is 6.61 Å². The van der Waals surface area contributed by atoms with Gasteiger partial charge in [-0.25, -0.2) is 0 Å². The number of hydrogen-bond acceptors (Lipinski definition) is 4. The number of nitrogens with one attached hydrogen (secondary N) is 1. The van der Waals surface area contributed by atoms with Gasteiger partial charge >= 0.3 is 0 Å². The first kappa shape index (κ1) is 21.3. The van der Waals surface area contributed by atoms with Gasteiger partial charge < -0.3 is 19.7 Å². The number of benzene rings is 2. The molecule has 0 heterocycles. The van der Waals surface area contributed by atoms with Crippen LogP contribution in [0.2, 0.25) is 0 Å². The van der Waals surface area contributed by atoms with Gasteiger partial charge in [0.1, 0.15) is 6.61 Å². The smallest absolute Gasteiger partial charge is 0.161 e. The number of nitrogens with zero attached hydrogens (tertiary/aromatic N) is 1. The number of aryl methyl sites for hydroxylation is 1. The first-order valence-electron chi connectivity index (χ1n) is 10.0. The van der Waals surface area contributed by atoms with Crippen molar-refractivity contribution in [2.75, 3.05) is 32.8 Å². The van der Waals surface area contributed by atoms with Crippen molar-refractivity contribution in [3.8, 4) is 11.5 Å². The Morgan fingerprint density at radius 3 is 2.41 bits per heavy atom. The van der Waals surface area contributed by atoms with Crippen LogP contribution in [0.4, 0.5) is 0 Å². The highest BCUT2D eigenvalue weighted by molar-refractivity contribution is 5.43. The first-order chi connectivity index (χ1) is 13.2. The first-order valence-corrected chi connectivity index (χ1v) is 10.0. The van der Waals surface area contributed by atoms with E-state index in [1.165, 1.54) is 16.7 Å². The van der Waals surface area contributed by atoms with E-state index in [4.69, 9.17) is 9.47 Å². The Morgan fingerprint density at radius 1 is 0.926 bits per heavy atom. The second-order valence-electron chi connectivity index (χ2n) is 6.63. The fraction of sp³-hybridized carbons (Fsp3) is 0.478. The van der Waals surface area contributed by atoms with Crippen LogP contribution < -0.4 is 14.8 Å². The molecule has 2 aromatic rings. The molecule has 27 heavy (non-hydrogen) atoms. The molecule has 0 unspecified atom stereocenters. The van der Waals surface area contributed by atoms with Gasteiger partial charge in [-0.3, -0.25) is 0 Å². The molecule has 1 N–H and O–H groups in total. The van der Waals surface area contributed by atoms with Crippen molar-refractivity contribution in [3.63, 3.8) is 0 Å². The van der Waals surface area contributed by atoms with Crippen LogP contribution in [0.5, 0.6) is 11.5 Å². The standard InChI is InChI=1S/C23H34N2O2/c1-5-25(6-2)15-14-24-17-20-12-13-22(23(16-20)26-7-3)27-18-21-11-9-8-10-19(21)4/h8-13,16,24H,5-7,14-15,17-18H2,1-4H3. The molecule has 148 valence electrons. The molecule has 0 radical (unpaired) electrons. The molecule has 0 aliphatic carbocycles. The lowest BCUT2D eigenvalue weighted by Crippen LogP contribution is -2.31. The quantitative estimate of drug-likeness (QED) is 0.561. The Labute approximate surface area is 164 Å². The monoisotopic (exact) mass is 370 g/mol. The number of hydrogen-bond donors (Lipinski definition) is 1. The van der Waals surface area contributed by atoms with Gasteiger partial charge in [0, 0.05) is 19.6 Å². The van der Waals surface area contributed by atoms with Gasteiger partial charge in [0.25, 0.3) is 0 Å². The van der Waals surface area contributed by atoms with Gasteiger partial charge in [-0.05, 0) is 55.8 Å². The molecule has 4 heteroatoms. The zero-order valence-electron chi connectivity index (χ0n) is 17.3. The second-order valence-corrected chi connectivity index (χ2v) is 6.63. The molecule has 0 aliphatic rings. The van der Waals surface area contributed by atoms with Crippen molar-refractivity contribution in [1.29, 1.82) is 0 Å². The van der Waals surface area contributed by atoms with E-state index in [1.807, 2.05) is 25.1 Å². The van der Waals surface area contributed by atoms with Crippen LogP contribution in [-0.2, 0) is 13.2 Å². The van der Waals surface area contributed by atoms with Crippen LogP contribution >= 0.6 is 0 Å². The molecule has 2 rings (SSSR count). The molecule has 4 nitrogen and oxygen atoms in total. The molecule has 0 bridgehead atoms. The zero-order chi connectivity index (χ0) is 19.5. The summed E-state index contributed by atoms with van der Waals surface area (Å²) in [6.45, 7) is 14.8. The topological polar surface area (TPSA) is 33.7 Å². The summed E-state index contributed by atoms with van der Waals surface area (Å²) >= 11 is 0. The van der Waals surface area contributed by atoms with E-state index in [-0.39, 0.29) is 0 Å². The Morgan fingerprint density at radius 2 is 1.70 bits per heavy atom. The molecule has 0 saturated carbocycles. The van der Waals surface area contributed by atoms with E-state index >= 15 is 0 Å². The van der Waals surface area contributed by atoms with E-state index in [0.717, 1.165) is 44.2 Å². The zero-order valence-corrected chi connectivity index (χ0v) is 17.3. The van der Waals surface area contributed by atoms with Crippen LogP contribution in [-0.4, -0.2) is 37.7 Å².